The standard InChI is InChI=1S/C19H24N2O4S/c1-19(2,3)26(22,23)17-9-8-15(13-21-17)20-12-14-6-4-7-16-18(14)25-11-5-10-24-16/h4,6-9,13,20H,5,10-12H2,1-3H3. The summed E-state index contributed by atoms with van der Waals surface area (Å²) in [5, 5.41) is 3.34. The van der Waals surface area contributed by atoms with Crippen LogP contribution in [0.1, 0.15) is 32.8 Å². The van der Waals surface area contributed by atoms with Crippen molar-refractivity contribution in [1.82, 2.24) is 4.98 Å². The minimum atomic E-state index is -3.45. The van der Waals surface area contributed by atoms with Crippen LogP contribution < -0.4 is 14.8 Å². The van der Waals surface area contributed by atoms with E-state index in [4.69, 9.17) is 9.47 Å². The molecule has 0 radical (unpaired) electrons. The van der Waals surface area contributed by atoms with E-state index in [-0.39, 0.29) is 5.03 Å². The highest BCUT2D eigenvalue weighted by atomic mass is 32.2. The van der Waals surface area contributed by atoms with Gasteiger partial charge in [0.2, 0.25) is 0 Å². The van der Waals surface area contributed by atoms with Crippen LogP contribution in [0.2, 0.25) is 0 Å². The van der Waals surface area contributed by atoms with E-state index in [1.807, 2.05) is 18.2 Å². The van der Waals surface area contributed by atoms with Gasteiger partial charge in [-0.25, -0.2) is 13.4 Å². The summed E-state index contributed by atoms with van der Waals surface area (Å²) in [6.07, 6.45) is 2.40. The maximum atomic E-state index is 12.4. The predicted molar refractivity (Wildman–Crippen MR) is 101 cm³/mol. The molecule has 1 aliphatic rings. The van der Waals surface area contributed by atoms with E-state index in [2.05, 4.69) is 10.3 Å². The van der Waals surface area contributed by atoms with Gasteiger partial charge in [0.1, 0.15) is 0 Å². The van der Waals surface area contributed by atoms with Crippen LogP contribution >= 0.6 is 0 Å². The van der Waals surface area contributed by atoms with Crippen molar-refractivity contribution >= 4 is 15.5 Å². The van der Waals surface area contributed by atoms with Gasteiger partial charge in [-0.2, -0.15) is 0 Å². The average molecular weight is 376 g/mol. The van der Waals surface area contributed by atoms with Gasteiger partial charge >= 0.3 is 0 Å². The Hall–Kier alpha value is -2.28. The van der Waals surface area contributed by atoms with Gasteiger partial charge in [0.15, 0.2) is 26.4 Å². The van der Waals surface area contributed by atoms with E-state index in [0.717, 1.165) is 29.2 Å². The van der Waals surface area contributed by atoms with Crippen LogP contribution in [0, 0.1) is 0 Å². The van der Waals surface area contributed by atoms with E-state index in [1.165, 1.54) is 12.3 Å². The third kappa shape index (κ3) is 3.77. The van der Waals surface area contributed by atoms with Crippen LogP contribution in [0.4, 0.5) is 5.69 Å². The highest BCUT2D eigenvalue weighted by molar-refractivity contribution is 7.92. The number of sulfone groups is 1. The van der Waals surface area contributed by atoms with Crippen molar-refractivity contribution in [3.8, 4) is 11.5 Å². The second-order valence-corrected chi connectivity index (χ2v) is 9.80. The Morgan fingerprint density at radius 1 is 1.12 bits per heavy atom. The highest BCUT2D eigenvalue weighted by Gasteiger charge is 2.31. The van der Waals surface area contributed by atoms with Crippen LogP contribution in [0.25, 0.3) is 0 Å². The molecule has 1 N–H and O–H groups in total. The summed E-state index contributed by atoms with van der Waals surface area (Å²) in [6, 6.07) is 9.07. The van der Waals surface area contributed by atoms with Crippen molar-refractivity contribution in [2.45, 2.75) is 43.5 Å². The molecular formula is C19H24N2O4S. The number of benzene rings is 1. The van der Waals surface area contributed by atoms with Crippen molar-refractivity contribution < 1.29 is 17.9 Å². The van der Waals surface area contributed by atoms with Gasteiger partial charge in [-0.3, -0.25) is 0 Å². The van der Waals surface area contributed by atoms with Crippen molar-refractivity contribution in [3.05, 3.63) is 42.1 Å². The molecule has 2 heterocycles. The molecule has 0 unspecified atom stereocenters. The number of fused-ring (bicyclic) bond motifs is 1. The van der Waals surface area contributed by atoms with Gasteiger partial charge in [-0.05, 0) is 39.0 Å². The molecule has 0 amide bonds. The molecule has 7 heteroatoms. The zero-order valence-electron chi connectivity index (χ0n) is 15.3. The number of para-hydroxylation sites is 1. The molecule has 0 saturated carbocycles. The van der Waals surface area contributed by atoms with E-state index < -0.39 is 14.6 Å². The number of nitrogens with zero attached hydrogens (tertiary/aromatic N) is 1. The molecular weight excluding hydrogens is 352 g/mol. The average Bonchev–Trinajstić information content (AvgIpc) is 2.85. The minimum Gasteiger partial charge on any atom is -0.490 e. The predicted octanol–water partition coefficient (Wildman–Crippen LogP) is 3.43. The molecule has 0 atom stereocenters. The lowest BCUT2D eigenvalue weighted by Crippen LogP contribution is -2.28. The van der Waals surface area contributed by atoms with Crippen molar-refractivity contribution in [2.75, 3.05) is 18.5 Å². The summed E-state index contributed by atoms with van der Waals surface area (Å²) < 4.78 is 35.5. The Balaban J connectivity index is 1.74. The Bertz CT molecular complexity index is 871. The Morgan fingerprint density at radius 2 is 1.88 bits per heavy atom. The Kier molecular flexibility index (Phi) is 5.09. The van der Waals surface area contributed by atoms with Gasteiger partial charge in [-0.15, -0.1) is 0 Å². The molecule has 0 fully saturated rings. The number of aromatic nitrogens is 1. The van der Waals surface area contributed by atoms with Crippen LogP contribution in [-0.2, 0) is 16.4 Å². The highest BCUT2D eigenvalue weighted by Crippen LogP contribution is 2.33. The molecule has 0 bridgehead atoms. The first-order valence-electron chi connectivity index (χ1n) is 8.61. The van der Waals surface area contributed by atoms with Crippen LogP contribution in [0.5, 0.6) is 11.5 Å². The lowest BCUT2D eigenvalue weighted by atomic mass is 10.2. The van der Waals surface area contributed by atoms with E-state index in [0.29, 0.717) is 19.8 Å². The number of hydrogen-bond donors (Lipinski definition) is 1. The molecule has 26 heavy (non-hydrogen) atoms. The van der Waals surface area contributed by atoms with Gasteiger partial charge in [0, 0.05) is 18.5 Å². The monoisotopic (exact) mass is 376 g/mol. The number of anilines is 1. The second-order valence-electron chi connectivity index (χ2n) is 7.15. The molecule has 0 saturated heterocycles. The van der Waals surface area contributed by atoms with Crippen LogP contribution in [0.15, 0.2) is 41.6 Å². The zero-order valence-corrected chi connectivity index (χ0v) is 16.1. The van der Waals surface area contributed by atoms with Gasteiger partial charge in [0.05, 0.1) is 29.8 Å². The molecule has 140 valence electrons. The van der Waals surface area contributed by atoms with E-state index in [1.54, 1.807) is 26.8 Å². The van der Waals surface area contributed by atoms with Gasteiger partial charge in [-0.1, -0.05) is 12.1 Å². The summed E-state index contributed by atoms with van der Waals surface area (Å²) in [6.45, 7) is 6.81. The largest absolute Gasteiger partial charge is 0.490 e. The van der Waals surface area contributed by atoms with Crippen molar-refractivity contribution in [1.29, 1.82) is 0 Å². The number of hydrogen-bond acceptors (Lipinski definition) is 6. The normalized spacial score (nSPS) is 14.6. The molecule has 1 aliphatic heterocycles. The molecule has 1 aromatic heterocycles. The third-order valence-electron chi connectivity index (χ3n) is 4.15. The smallest absolute Gasteiger partial charge is 0.200 e. The van der Waals surface area contributed by atoms with Crippen LogP contribution in [-0.4, -0.2) is 31.4 Å². The fourth-order valence-corrected chi connectivity index (χ4v) is 3.61. The maximum absolute atomic E-state index is 12.4. The Labute approximate surface area is 154 Å². The molecule has 0 aliphatic carbocycles. The summed E-state index contributed by atoms with van der Waals surface area (Å²) in [4.78, 5) is 4.13. The lowest BCUT2D eigenvalue weighted by molar-refractivity contribution is 0.296. The summed E-state index contributed by atoms with van der Waals surface area (Å²) in [7, 11) is -3.45. The summed E-state index contributed by atoms with van der Waals surface area (Å²) in [5.74, 6) is 1.52. The summed E-state index contributed by atoms with van der Waals surface area (Å²) >= 11 is 0. The first-order chi connectivity index (χ1) is 12.3. The molecule has 1 aromatic carbocycles. The number of ether oxygens (including phenoxy) is 2. The van der Waals surface area contributed by atoms with Gasteiger partial charge < -0.3 is 14.8 Å². The van der Waals surface area contributed by atoms with E-state index in [9.17, 15) is 8.42 Å². The van der Waals surface area contributed by atoms with Gasteiger partial charge in [0.25, 0.3) is 0 Å². The molecule has 6 nitrogen and oxygen atoms in total. The number of nitrogens with one attached hydrogen (secondary N) is 1. The zero-order chi connectivity index (χ0) is 18.8. The fraction of sp³-hybridized carbons (Fsp3) is 0.421. The number of rotatable bonds is 4. The fourth-order valence-electron chi connectivity index (χ4n) is 2.55. The topological polar surface area (TPSA) is 77.5 Å². The quantitative estimate of drug-likeness (QED) is 0.881. The first-order valence-corrected chi connectivity index (χ1v) is 10.1. The molecule has 0 spiro atoms. The van der Waals surface area contributed by atoms with E-state index >= 15 is 0 Å². The lowest BCUT2D eigenvalue weighted by Gasteiger charge is -2.18. The summed E-state index contributed by atoms with van der Waals surface area (Å²) in [5.41, 5.74) is 1.72. The molecule has 3 rings (SSSR count). The third-order valence-corrected chi connectivity index (χ3v) is 6.56. The second kappa shape index (κ2) is 7.15. The maximum Gasteiger partial charge on any atom is 0.200 e. The molecule has 2 aromatic rings. The van der Waals surface area contributed by atoms with Crippen molar-refractivity contribution in [2.24, 2.45) is 0 Å². The first kappa shape index (κ1) is 18.5. The number of pyridine rings is 1. The SMILES string of the molecule is CC(C)(C)S(=O)(=O)c1ccc(NCc2cccc3c2OCCCO3)cn1. The Morgan fingerprint density at radius 3 is 2.58 bits per heavy atom. The minimum absolute atomic E-state index is 0.0841. The van der Waals surface area contributed by atoms with Crippen molar-refractivity contribution in [3.63, 3.8) is 0 Å². The van der Waals surface area contributed by atoms with Crippen LogP contribution in [0.3, 0.4) is 0 Å².